The van der Waals surface area contributed by atoms with Gasteiger partial charge in [-0.15, -0.1) is 0 Å². The average Bonchev–Trinajstić information content (AvgIpc) is 1.99. The van der Waals surface area contributed by atoms with Gasteiger partial charge in [-0.3, -0.25) is 5.84 Å². The number of hydrazine groups is 1. The molecule has 3 N–H and O–H groups in total. The first-order valence-corrected chi connectivity index (χ1v) is 3.56. The maximum atomic E-state index is 5.28. The van der Waals surface area contributed by atoms with Gasteiger partial charge in [0.15, 0.2) is 0 Å². The van der Waals surface area contributed by atoms with E-state index >= 15 is 0 Å². The Morgan fingerprint density at radius 2 is 2.20 bits per heavy atom. The highest BCUT2D eigenvalue weighted by Crippen LogP contribution is 2.04. The topological polar surface area (TPSA) is 38.0 Å². The van der Waals surface area contributed by atoms with E-state index in [0.29, 0.717) is 0 Å². The van der Waals surface area contributed by atoms with E-state index in [2.05, 4.69) is 18.4 Å². The fraction of sp³-hybridized carbons (Fsp3) is 0.500. The largest absolute Gasteiger partial charge is 0.324 e. The molecule has 0 saturated carbocycles. The number of hydrogen-bond donors (Lipinski definition) is 2. The maximum absolute atomic E-state index is 5.28. The standard InChI is InChI=1S/C8H16N2/c1-4-6-8(10-9)7(3)5-2/h5-6,10H,4,9H2,1-3H3/b7-5-,8-6+. The molecule has 0 bridgehead atoms. The van der Waals surface area contributed by atoms with Gasteiger partial charge in [-0.2, -0.15) is 0 Å². The van der Waals surface area contributed by atoms with Crippen LogP contribution >= 0.6 is 0 Å². The van der Waals surface area contributed by atoms with E-state index in [4.69, 9.17) is 5.84 Å². The third-order valence-corrected chi connectivity index (χ3v) is 1.42. The zero-order valence-corrected chi connectivity index (χ0v) is 6.94. The lowest BCUT2D eigenvalue weighted by molar-refractivity contribution is 0.882. The highest BCUT2D eigenvalue weighted by molar-refractivity contribution is 5.25. The number of hydrogen-bond acceptors (Lipinski definition) is 2. The SMILES string of the molecule is C/C=C(C)\C(=C/CC)NN. The molecule has 0 radical (unpaired) electrons. The molecule has 0 aromatic heterocycles. The van der Waals surface area contributed by atoms with Crippen molar-refractivity contribution in [3.8, 4) is 0 Å². The summed E-state index contributed by atoms with van der Waals surface area (Å²) in [5.41, 5.74) is 4.85. The first-order valence-electron chi connectivity index (χ1n) is 3.56. The molecule has 0 atom stereocenters. The maximum Gasteiger partial charge on any atom is 0.0470 e. The van der Waals surface area contributed by atoms with Crippen molar-refractivity contribution in [1.82, 2.24) is 5.43 Å². The Labute approximate surface area is 62.8 Å². The molecule has 0 aromatic rings. The fourth-order valence-electron chi connectivity index (χ4n) is 0.693. The van der Waals surface area contributed by atoms with Crippen LogP contribution < -0.4 is 11.3 Å². The molecule has 2 nitrogen and oxygen atoms in total. The van der Waals surface area contributed by atoms with Gasteiger partial charge in [-0.25, -0.2) is 0 Å². The van der Waals surface area contributed by atoms with Crippen LogP contribution in [0.3, 0.4) is 0 Å². The highest BCUT2D eigenvalue weighted by Gasteiger charge is 1.92. The van der Waals surface area contributed by atoms with Crippen molar-refractivity contribution in [3.05, 3.63) is 23.4 Å². The molecule has 2 heteroatoms. The predicted molar refractivity (Wildman–Crippen MR) is 45.1 cm³/mol. The van der Waals surface area contributed by atoms with Crippen LogP contribution in [0.5, 0.6) is 0 Å². The van der Waals surface area contributed by atoms with Crippen molar-refractivity contribution in [2.75, 3.05) is 0 Å². The molecular formula is C8H16N2. The minimum atomic E-state index is 1.00. The van der Waals surface area contributed by atoms with Crippen LogP contribution in [0.1, 0.15) is 27.2 Å². The van der Waals surface area contributed by atoms with Crippen LogP contribution in [0.2, 0.25) is 0 Å². The van der Waals surface area contributed by atoms with E-state index in [9.17, 15) is 0 Å². The molecule has 0 unspecified atom stereocenters. The molecule has 0 aliphatic rings. The van der Waals surface area contributed by atoms with Gasteiger partial charge in [-0.05, 0) is 25.8 Å². The van der Waals surface area contributed by atoms with Crippen molar-refractivity contribution in [2.24, 2.45) is 5.84 Å². The third-order valence-electron chi connectivity index (χ3n) is 1.42. The Bertz CT molecular complexity index is 145. The van der Waals surface area contributed by atoms with E-state index in [1.807, 2.05) is 19.9 Å². The minimum absolute atomic E-state index is 1.00. The molecule has 0 aliphatic carbocycles. The fourth-order valence-corrected chi connectivity index (χ4v) is 0.693. The summed E-state index contributed by atoms with van der Waals surface area (Å²) in [5.74, 6) is 5.28. The van der Waals surface area contributed by atoms with Gasteiger partial charge in [0, 0.05) is 5.70 Å². The molecule has 0 amide bonds. The third kappa shape index (κ3) is 2.69. The number of nitrogens with two attached hydrogens (primary N) is 1. The molecule has 58 valence electrons. The van der Waals surface area contributed by atoms with Crippen LogP contribution in [0.4, 0.5) is 0 Å². The van der Waals surface area contributed by atoms with E-state index in [-0.39, 0.29) is 0 Å². The summed E-state index contributed by atoms with van der Waals surface area (Å²) >= 11 is 0. The van der Waals surface area contributed by atoms with Gasteiger partial charge in [0.2, 0.25) is 0 Å². The van der Waals surface area contributed by atoms with Gasteiger partial charge in [0.1, 0.15) is 0 Å². The van der Waals surface area contributed by atoms with Gasteiger partial charge in [-0.1, -0.05) is 19.1 Å². The van der Waals surface area contributed by atoms with Gasteiger partial charge in [0.25, 0.3) is 0 Å². The second-order valence-electron chi connectivity index (χ2n) is 2.14. The number of allylic oxidation sites excluding steroid dienone is 3. The van der Waals surface area contributed by atoms with Crippen LogP contribution in [-0.2, 0) is 0 Å². The van der Waals surface area contributed by atoms with Gasteiger partial charge >= 0.3 is 0 Å². The summed E-state index contributed by atoms with van der Waals surface area (Å²) in [5, 5.41) is 0. The molecule has 0 aromatic carbocycles. The molecule has 0 spiro atoms. The van der Waals surface area contributed by atoms with Crippen molar-refractivity contribution >= 4 is 0 Å². The smallest absolute Gasteiger partial charge is 0.0470 e. The number of nitrogens with one attached hydrogen (secondary N) is 1. The Kier molecular flexibility index (Phi) is 4.67. The first kappa shape index (κ1) is 9.24. The lowest BCUT2D eigenvalue weighted by Gasteiger charge is -2.04. The lowest BCUT2D eigenvalue weighted by Crippen LogP contribution is -2.21. The van der Waals surface area contributed by atoms with E-state index in [1.54, 1.807) is 0 Å². The summed E-state index contributed by atoms with van der Waals surface area (Å²) < 4.78 is 0. The summed E-state index contributed by atoms with van der Waals surface area (Å²) in [6.07, 6.45) is 5.10. The normalized spacial score (nSPS) is 13.6. The summed E-state index contributed by atoms with van der Waals surface area (Å²) in [4.78, 5) is 0. The first-order chi connectivity index (χ1) is 4.76. The second-order valence-corrected chi connectivity index (χ2v) is 2.14. The predicted octanol–water partition coefficient (Wildman–Crippen LogP) is 1.71. The molecule has 0 saturated heterocycles. The van der Waals surface area contributed by atoms with Crippen LogP contribution in [0.25, 0.3) is 0 Å². The van der Waals surface area contributed by atoms with Crippen LogP contribution in [-0.4, -0.2) is 0 Å². The quantitative estimate of drug-likeness (QED) is 0.356. The average molecular weight is 140 g/mol. The molecule has 10 heavy (non-hydrogen) atoms. The highest BCUT2D eigenvalue weighted by atomic mass is 15.2. The molecule has 0 aliphatic heterocycles. The molecule has 0 rings (SSSR count). The monoisotopic (exact) mass is 140 g/mol. The number of rotatable bonds is 3. The van der Waals surface area contributed by atoms with E-state index in [0.717, 1.165) is 12.1 Å². The van der Waals surface area contributed by atoms with Crippen molar-refractivity contribution in [1.29, 1.82) is 0 Å². The zero-order chi connectivity index (χ0) is 7.98. The Morgan fingerprint density at radius 1 is 1.60 bits per heavy atom. The Morgan fingerprint density at radius 3 is 2.50 bits per heavy atom. The summed E-state index contributed by atoms with van der Waals surface area (Å²) in [7, 11) is 0. The molecular weight excluding hydrogens is 124 g/mol. The van der Waals surface area contributed by atoms with Gasteiger partial charge in [0.05, 0.1) is 0 Å². The van der Waals surface area contributed by atoms with Crippen LogP contribution in [0.15, 0.2) is 23.4 Å². The van der Waals surface area contributed by atoms with Crippen molar-refractivity contribution < 1.29 is 0 Å². The van der Waals surface area contributed by atoms with Crippen molar-refractivity contribution in [3.63, 3.8) is 0 Å². The van der Waals surface area contributed by atoms with Crippen molar-refractivity contribution in [2.45, 2.75) is 27.2 Å². The summed E-state index contributed by atoms with van der Waals surface area (Å²) in [6.45, 7) is 6.11. The summed E-state index contributed by atoms with van der Waals surface area (Å²) in [6, 6.07) is 0. The van der Waals surface area contributed by atoms with E-state index < -0.39 is 0 Å². The Hall–Kier alpha value is -0.760. The Balaban J connectivity index is 4.21. The molecule has 0 fully saturated rings. The lowest BCUT2D eigenvalue weighted by atomic mass is 10.2. The van der Waals surface area contributed by atoms with Gasteiger partial charge < -0.3 is 5.43 Å². The molecule has 0 heterocycles. The minimum Gasteiger partial charge on any atom is -0.324 e. The second kappa shape index (κ2) is 5.06. The zero-order valence-electron chi connectivity index (χ0n) is 6.94. The van der Waals surface area contributed by atoms with Crippen LogP contribution in [0, 0.1) is 0 Å². The van der Waals surface area contributed by atoms with E-state index in [1.165, 1.54) is 5.57 Å².